The van der Waals surface area contributed by atoms with Gasteiger partial charge in [0.2, 0.25) is 5.95 Å². The summed E-state index contributed by atoms with van der Waals surface area (Å²) in [6.07, 6.45) is 8.71. The van der Waals surface area contributed by atoms with E-state index in [0.29, 0.717) is 6.04 Å². The molecule has 1 heterocycles. The molecule has 1 aromatic heterocycles. The van der Waals surface area contributed by atoms with E-state index in [4.69, 9.17) is 9.97 Å². The molecule has 140 valence electrons. The van der Waals surface area contributed by atoms with E-state index in [2.05, 4.69) is 53.1 Å². The lowest BCUT2D eigenvalue weighted by atomic mass is 10.1. The van der Waals surface area contributed by atoms with E-state index in [-0.39, 0.29) is 0 Å². The van der Waals surface area contributed by atoms with Crippen molar-refractivity contribution in [2.75, 3.05) is 17.2 Å². The topological polar surface area (TPSA) is 49.8 Å². The van der Waals surface area contributed by atoms with Crippen LogP contribution in [0.15, 0.2) is 54.6 Å². The molecule has 0 amide bonds. The highest BCUT2D eigenvalue weighted by Gasteiger charge is 2.14. The van der Waals surface area contributed by atoms with Crippen LogP contribution in [0, 0.1) is 0 Å². The van der Waals surface area contributed by atoms with E-state index in [0.717, 1.165) is 35.6 Å². The molecule has 0 bridgehead atoms. The van der Waals surface area contributed by atoms with Crippen molar-refractivity contribution in [1.82, 2.24) is 9.97 Å². The van der Waals surface area contributed by atoms with Gasteiger partial charge in [0.15, 0.2) is 0 Å². The first-order valence-electron chi connectivity index (χ1n) is 10.2. The summed E-state index contributed by atoms with van der Waals surface area (Å²) in [6.45, 7) is 0.855. The molecule has 0 atom stereocenters. The fourth-order valence-electron chi connectivity index (χ4n) is 3.85. The number of rotatable bonds is 6. The van der Waals surface area contributed by atoms with Crippen molar-refractivity contribution in [2.45, 2.75) is 51.0 Å². The summed E-state index contributed by atoms with van der Waals surface area (Å²) in [4.78, 5) is 9.59. The van der Waals surface area contributed by atoms with Crippen molar-refractivity contribution in [2.24, 2.45) is 0 Å². The third-order valence-electron chi connectivity index (χ3n) is 5.34. The minimum Gasteiger partial charge on any atom is -0.369 e. The zero-order valence-corrected chi connectivity index (χ0v) is 15.8. The Bertz CT molecular complexity index is 855. The minimum atomic E-state index is 0.492. The van der Waals surface area contributed by atoms with Gasteiger partial charge in [-0.2, -0.15) is 4.98 Å². The Labute approximate surface area is 161 Å². The van der Waals surface area contributed by atoms with Crippen LogP contribution in [-0.2, 0) is 6.42 Å². The molecular formula is C23H28N4. The van der Waals surface area contributed by atoms with E-state index in [9.17, 15) is 0 Å². The summed E-state index contributed by atoms with van der Waals surface area (Å²) in [6, 6.07) is 19.3. The lowest BCUT2D eigenvalue weighted by molar-refractivity contribution is 0.615. The lowest BCUT2D eigenvalue weighted by Crippen LogP contribution is -2.20. The fourth-order valence-corrected chi connectivity index (χ4v) is 3.85. The molecule has 2 aromatic carbocycles. The van der Waals surface area contributed by atoms with E-state index in [1.165, 1.54) is 44.1 Å². The van der Waals surface area contributed by atoms with Crippen LogP contribution in [0.5, 0.6) is 0 Å². The first-order chi connectivity index (χ1) is 13.4. The number of para-hydroxylation sites is 1. The van der Waals surface area contributed by atoms with Crippen LogP contribution >= 0.6 is 0 Å². The summed E-state index contributed by atoms with van der Waals surface area (Å²) in [5, 5.41) is 8.21. The fraction of sp³-hybridized carbons (Fsp3) is 0.391. The molecule has 0 aliphatic heterocycles. The van der Waals surface area contributed by atoms with E-state index >= 15 is 0 Å². The Balaban J connectivity index is 1.51. The summed E-state index contributed by atoms with van der Waals surface area (Å²) >= 11 is 0. The molecule has 27 heavy (non-hydrogen) atoms. The van der Waals surface area contributed by atoms with Gasteiger partial charge in [0.05, 0.1) is 5.52 Å². The van der Waals surface area contributed by atoms with Crippen molar-refractivity contribution in [3.63, 3.8) is 0 Å². The maximum atomic E-state index is 4.82. The Morgan fingerprint density at radius 2 is 1.56 bits per heavy atom. The zero-order valence-electron chi connectivity index (χ0n) is 15.8. The second-order valence-electron chi connectivity index (χ2n) is 7.41. The first kappa shape index (κ1) is 17.8. The maximum absolute atomic E-state index is 4.82. The van der Waals surface area contributed by atoms with Crippen molar-refractivity contribution < 1.29 is 0 Å². The molecule has 1 aliphatic rings. The van der Waals surface area contributed by atoms with Crippen molar-refractivity contribution in [3.05, 3.63) is 60.2 Å². The molecule has 0 saturated heterocycles. The highest BCUT2D eigenvalue weighted by atomic mass is 15.2. The molecule has 1 saturated carbocycles. The smallest absolute Gasteiger partial charge is 0.225 e. The Morgan fingerprint density at radius 3 is 2.37 bits per heavy atom. The predicted molar refractivity (Wildman–Crippen MR) is 113 cm³/mol. The highest BCUT2D eigenvalue weighted by Crippen LogP contribution is 2.24. The number of hydrogen-bond acceptors (Lipinski definition) is 4. The molecule has 0 spiro atoms. The van der Waals surface area contributed by atoms with E-state index in [1.807, 2.05) is 12.1 Å². The molecule has 0 unspecified atom stereocenters. The molecule has 1 aliphatic carbocycles. The number of hydrogen-bond donors (Lipinski definition) is 2. The van der Waals surface area contributed by atoms with Gasteiger partial charge in [0.1, 0.15) is 5.82 Å². The van der Waals surface area contributed by atoms with Crippen LogP contribution in [0.2, 0.25) is 0 Å². The quantitative estimate of drug-likeness (QED) is 0.576. The van der Waals surface area contributed by atoms with Gasteiger partial charge in [-0.05, 0) is 37.0 Å². The predicted octanol–water partition coefficient (Wildman–Crippen LogP) is 5.42. The zero-order chi connectivity index (χ0) is 18.3. The van der Waals surface area contributed by atoms with Crippen LogP contribution in [0.4, 0.5) is 11.8 Å². The first-order valence-corrected chi connectivity index (χ1v) is 10.2. The Kier molecular flexibility index (Phi) is 5.83. The Morgan fingerprint density at radius 1 is 0.815 bits per heavy atom. The van der Waals surface area contributed by atoms with Crippen LogP contribution < -0.4 is 10.6 Å². The Hall–Kier alpha value is -2.62. The number of benzene rings is 2. The summed E-state index contributed by atoms with van der Waals surface area (Å²) in [7, 11) is 0. The summed E-state index contributed by atoms with van der Waals surface area (Å²) in [5.41, 5.74) is 2.32. The molecule has 0 radical (unpaired) electrons. The SMILES string of the molecule is c1ccc(CCNc2nc(NC3CCCCCC3)nc3ccccc23)cc1. The van der Waals surface area contributed by atoms with Crippen LogP contribution in [0.3, 0.4) is 0 Å². The second kappa shape index (κ2) is 8.85. The monoisotopic (exact) mass is 360 g/mol. The molecule has 3 aromatic rings. The van der Waals surface area contributed by atoms with Crippen molar-refractivity contribution >= 4 is 22.7 Å². The number of nitrogens with one attached hydrogen (secondary N) is 2. The molecular weight excluding hydrogens is 332 g/mol. The average molecular weight is 361 g/mol. The largest absolute Gasteiger partial charge is 0.369 e. The van der Waals surface area contributed by atoms with Gasteiger partial charge in [-0.1, -0.05) is 68.1 Å². The molecule has 4 heteroatoms. The van der Waals surface area contributed by atoms with Crippen molar-refractivity contribution in [1.29, 1.82) is 0 Å². The van der Waals surface area contributed by atoms with E-state index in [1.54, 1.807) is 0 Å². The van der Waals surface area contributed by atoms with Crippen LogP contribution in [-0.4, -0.2) is 22.6 Å². The molecule has 4 nitrogen and oxygen atoms in total. The van der Waals surface area contributed by atoms with Crippen LogP contribution in [0.1, 0.15) is 44.1 Å². The van der Waals surface area contributed by atoms with E-state index < -0.39 is 0 Å². The van der Waals surface area contributed by atoms with Gasteiger partial charge >= 0.3 is 0 Å². The van der Waals surface area contributed by atoms with Crippen LogP contribution in [0.25, 0.3) is 10.9 Å². The number of aromatic nitrogens is 2. The van der Waals surface area contributed by atoms with Gasteiger partial charge in [-0.15, -0.1) is 0 Å². The minimum absolute atomic E-state index is 0.492. The third kappa shape index (κ3) is 4.76. The standard InChI is InChI=1S/C23H28N4/c1-2-7-13-19(12-6-1)25-23-26-21-15-9-8-14-20(21)22(27-23)24-17-16-18-10-4-3-5-11-18/h3-5,8-11,14-15,19H,1-2,6-7,12-13,16-17H2,(H2,24,25,26,27). The van der Waals surface area contributed by atoms with Gasteiger partial charge in [-0.3, -0.25) is 0 Å². The summed E-state index contributed by atoms with van der Waals surface area (Å²) in [5.74, 6) is 1.68. The molecule has 4 rings (SSSR count). The van der Waals surface area contributed by atoms with Crippen molar-refractivity contribution in [3.8, 4) is 0 Å². The number of fused-ring (bicyclic) bond motifs is 1. The molecule has 1 fully saturated rings. The average Bonchev–Trinajstić information content (AvgIpc) is 2.97. The number of nitrogens with zero attached hydrogens (tertiary/aromatic N) is 2. The summed E-state index contributed by atoms with van der Waals surface area (Å²) < 4.78 is 0. The second-order valence-corrected chi connectivity index (χ2v) is 7.41. The number of anilines is 2. The van der Waals surface area contributed by atoms with Gasteiger partial charge in [0, 0.05) is 18.0 Å². The normalized spacial score (nSPS) is 15.4. The molecule has 2 N–H and O–H groups in total. The van der Waals surface area contributed by atoms with Gasteiger partial charge in [0.25, 0.3) is 0 Å². The maximum Gasteiger partial charge on any atom is 0.225 e. The third-order valence-corrected chi connectivity index (χ3v) is 5.34. The highest BCUT2D eigenvalue weighted by molar-refractivity contribution is 5.90. The van der Waals surface area contributed by atoms with Gasteiger partial charge < -0.3 is 10.6 Å². The van der Waals surface area contributed by atoms with Gasteiger partial charge in [-0.25, -0.2) is 4.98 Å². The lowest BCUT2D eigenvalue weighted by Gasteiger charge is -2.18.